The van der Waals surface area contributed by atoms with Crippen molar-refractivity contribution in [2.24, 2.45) is 0 Å². The molecule has 1 aliphatic heterocycles. The molecule has 2 rings (SSSR count). The third-order valence-electron chi connectivity index (χ3n) is 3.55. The average Bonchev–Trinajstić information content (AvgIpc) is 2.99. The Labute approximate surface area is 122 Å². The molecule has 1 aromatic rings. The van der Waals surface area contributed by atoms with Crippen LogP contribution in [0.15, 0.2) is 17.5 Å². The van der Waals surface area contributed by atoms with E-state index in [1.807, 2.05) is 11.4 Å². The van der Waals surface area contributed by atoms with Gasteiger partial charge in [-0.1, -0.05) is 6.07 Å². The molecule has 0 radical (unpaired) electrons. The second-order valence-electron chi connectivity index (χ2n) is 4.91. The van der Waals surface area contributed by atoms with Gasteiger partial charge >= 0.3 is 0 Å². The Hall–Kier alpha value is -1.40. The predicted octanol–water partition coefficient (Wildman–Crippen LogP) is 1.24. The van der Waals surface area contributed by atoms with E-state index in [-0.39, 0.29) is 31.0 Å². The quantitative estimate of drug-likeness (QED) is 0.859. The molecule has 1 aromatic heterocycles. The number of likely N-dealkylation sites (tertiary alicyclic amines) is 1. The number of thiophene rings is 1. The second kappa shape index (κ2) is 7.40. The number of aliphatic hydroxyl groups excluding tert-OH is 1. The molecular formula is C14H20N2O3S. The summed E-state index contributed by atoms with van der Waals surface area (Å²) >= 11 is 1.36. The van der Waals surface area contributed by atoms with Gasteiger partial charge in [0, 0.05) is 19.2 Å². The van der Waals surface area contributed by atoms with E-state index in [2.05, 4.69) is 5.32 Å². The lowest BCUT2D eigenvalue weighted by molar-refractivity contribution is -0.134. The highest BCUT2D eigenvalue weighted by molar-refractivity contribution is 7.12. The van der Waals surface area contributed by atoms with Crippen LogP contribution in [0.4, 0.5) is 0 Å². The van der Waals surface area contributed by atoms with Gasteiger partial charge in [0.05, 0.1) is 11.4 Å². The first-order valence-electron chi connectivity index (χ1n) is 6.94. The molecule has 0 aliphatic carbocycles. The molecule has 110 valence electrons. The molecule has 0 bridgehead atoms. The lowest BCUT2D eigenvalue weighted by Gasteiger charge is -2.35. The van der Waals surface area contributed by atoms with Crippen LogP contribution in [-0.4, -0.2) is 47.6 Å². The van der Waals surface area contributed by atoms with Gasteiger partial charge < -0.3 is 15.3 Å². The summed E-state index contributed by atoms with van der Waals surface area (Å²) in [6.45, 7) is 0.840. The van der Waals surface area contributed by atoms with Gasteiger partial charge in [-0.25, -0.2) is 0 Å². The van der Waals surface area contributed by atoms with Crippen LogP contribution < -0.4 is 5.32 Å². The van der Waals surface area contributed by atoms with Crippen molar-refractivity contribution in [3.8, 4) is 0 Å². The van der Waals surface area contributed by atoms with E-state index in [1.54, 1.807) is 11.0 Å². The van der Waals surface area contributed by atoms with Crippen molar-refractivity contribution in [3.05, 3.63) is 22.4 Å². The summed E-state index contributed by atoms with van der Waals surface area (Å²) in [5.41, 5.74) is 0. The van der Waals surface area contributed by atoms with Crippen molar-refractivity contribution >= 4 is 23.2 Å². The largest absolute Gasteiger partial charge is 0.396 e. The third kappa shape index (κ3) is 3.80. The molecule has 1 fully saturated rings. The van der Waals surface area contributed by atoms with Crippen molar-refractivity contribution in [3.63, 3.8) is 0 Å². The van der Waals surface area contributed by atoms with Crippen molar-refractivity contribution < 1.29 is 14.7 Å². The van der Waals surface area contributed by atoms with Gasteiger partial charge in [0.15, 0.2) is 0 Å². The highest BCUT2D eigenvalue weighted by Gasteiger charge is 2.26. The van der Waals surface area contributed by atoms with Crippen LogP contribution in [0.25, 0.3) is 0 Å². The number of hydrogen-bond donors (Lipinski definition) is 2. The fourth-order valence-electron chi connectivity index (χ4n) is 2.53. The third-order valence-corrected chi connectivity index (χ3v) is 4.42. The van der Waals surface area contributed by atoms with Gasteiger partial charge in [0.25, 0.3) is 5.91 Å². The highest BCUT2D eigenvalue weighted by atomic mass is 32.1. The molecule has 1 atom stereocenters. The minimum atomic E-state index is -0.205. The van der Waals surface area contributed by atoms with Gasteiger partial charge in [0.2, 0.25) is 5.91 Å². The maximum atomic E-state index is 12.2. The zero-order chi connectivity index (χ0) is 14.4. The minimum Gasteiger partial charge on any atom is -0.396 e. The Kier molecular flexibility index (Phi) is 5.55. The standard InChI is InChI=1S/C14H20N2O3S/c17-8-6-11-4-1-2-7-16(11)13(18)10-15-14(19)12-5-3-9-20-12/h3,5,9,11,17H,1-2,4,6-8,10H2,(H,15,19). The highest BCUT2D eigenvalue weighted by Crippen LogP contribution is 2.19. The summed E-state index contributed by atoms with van der Waals surface area (Å²) in [6, 6.07) is 3.66. The average molecular weight is 296 g/mol. The summed E-state index contributed by atoms with van der Waals surface area (Å²) in [7, 11) is 0. The second-order valence-corrected chi connectivity index (χ2v) is 5.86. The van der Waals surface area contributed by atoms with Gasteiger partial charge in [-0.3, -0.25) is 9.59 Å². The number of piperidine rings is 1. The maximum Gasteiger partial charge on any atom is 0.261 e. The molecule has 1 saturated heterocycles. The molecule has 2 amide bonds. The number of carbonyl (C=O) groups is 2. The van der Waals surface area contributed by atoms with E-state index in [4.69, 9.17) is 5.11 Å². The summed E-state index contributed by atoms with van der Waals surface area (Å²) in [4.78, 5) is 26.4. The van der Waals surface area contributed by atoms with Crippen LogP contribution >= 0.6 is 11.3 Å². The predicted molar refractivity (Wildman–Crippen MR) is 77.7 cm³/mol. The molecule has 2 heterocycles. The monoisotopic (exact) mass is 296 g/mol. The number of nitrogens with zero attached hydrogens (tertiary/aromatic N) is 1. The Morgan fingerprint density at radius 2 is 2.30 bits per heavy atom. The van der Waals surface area contributed by atoms with Gasteiger partial charge in [-0.15, -0.1) is 11.3 Å². The topological polar surface area (TPSA) is 69.6 Å². The van der Waals surface area contributed by atoms with E-state index in [0.717, 1.165) is 25.8 Å². The molecule has 1 unspecified atom stereocenters. The smallest absolute Gasteiger partial charge is 0.261 e. The lowest BCUT2D eigenvalue weighted by Crippen LogP contribution is -2.48. The minimum absolute atomic E-state index is 0.0265. The van der Waals surface area contributed by atoms with E-state index < -0.39 is 0 Å². The van der Waals surface area contributed by atoms with Crippen molar-refractivity contribution in [1.82, 2.24) is 10.2 Å². The molecule has 20 heavy (non-hydrogen) atoms. The molecule has 5 nitrogen and oxygen atoms in total. The SMILES string of the molecule is O=C(NCC(=O)N1CCCCC1CCO)c1cccs1. The molecule has 1 aliphatic rings. The number of carbonyl (C=O) groups excluding carboxylic acids is 2. The zero-order valence-electron chi connectivity index (χ0n) is 11.4. The number of aliphatic hydroxyl groups is 1. The summed E-state index contributed by atoms with van der Waals surface area (Å²) in [5, 5.41) is 13.5. The number of rotatable bonds is 5. The fourth-order valence-corrected chi connectivity index (χ4v) is 3.17. The van der Waals surface area contributed by atoms with Crippen LogP contribution in [0.2, 0.25) is 0 Å². The van der Waals surface area contributed by atoms with Crippen molar-refractivity contribution in [1.29, 1.82) is 0 Å². The molecule has 0 saturated carbocycles. The van der Waals surface area contributed by atoms with Gasteiger partial charge in [-0.2, -0.15) is 0 Å². The van der Waals surface area contributed by atoms with Gasteiger partial charge in [-0.05, 0) is 37.1 Å². The van der Waals surface area contributed by atoms with Crippen molar-refractivity contribution in [2.75, 3.05) is 19.7 Å². The number of nitrogens with one attached hydrogen (secondary N) is 1. The van der Waals surface area contributed by atoms with Crippen LogP contribution in [-0.2, 0) is 4.79 Å². The van der Waals surface area contributed by atoms with Crippen LogP contribution in [0, 0.1) is 0 Å². The molecule has 2 N–H and O–H groups in total. The number of amides is 2. The first-order valence-corrected chi connectivity index (χ1v) is 7.82. The summed E-state index contributed by atoms with van der Waals surface area (Å²) in [5.74, 6) is -0.267. The Bertz CT molecular complexity index is 445. The Morgan fingerprint density at radius 1 is 1.45 bits per heavy atom. The van der Waals surface area contributed by atoms with Crippen molar-refractivity contribution in [2.45, 2.75) is 31.7 Å². The normalized spacial score (nSPS) is 18.9. The molecule has 0 aromatic carbocycles. The first kappa shape index (κ1) is 15.0. The summed E-state index contributed by atoms with van der Waals surface area (Å²) < 4.78 is 0. The van der Waals surface area contributed by atoms with E-state index in [1.165, 1.54) is 11.3 Å². The molecule has 0 spiro atoms. The van der Waals surface area contributed by atoms with E-state index >= 15 is 0 Å². The van der Waals surface area contributed by atoms with E-state index in [0.29, 0.717) is 11.3 Å². The first-order chi connectivity index (χ1) is 9.72. The zero-order valence-corrected chi connectivity index (χ0v) is 12.2. The maximum absolute atomic E-state index is 12.2. The van der Waals surface area contributed by atoms with Crippen LogP contribution in [0.5, 0.6) is 0 Å². The Balaban J connectivity index is 1.85. The van der Waals surface area contributed by atoms with Crippen LogP contribution in [0.3, 0.4) is 0 Å². The van der Waals surface area contributed by atoms with E-state index in [9.17, 15) is 9.59 Å². The van der Waals surface area contributed by atoms with Gasteiger partial charge in [0.1, 0.15) is 0 Å². The molecular weight excluding hydrogens is 276 g/mol. The fraction of sp³-hybridized carbons (Fsp3) is 0.571. The summed E-state index contributed by atoms with van der Waals surface area (Å²) in [6.07, 6.45) is 3.64. The number of hydrogen-bond acceptors (Lipinski definition) is 4. The lowest BCUT2D eigenvalue weighted by atomic mass is 9.99. The Morgan fingerprint density at radius 3 is 3.00 bits per heavy atom. The van der Waals surface area contributed by atoms with Crippen LogP contribution in [0.1, 0.15) is 35.4 Å². The molecule has 6 heteroatoms.